The van der Waals surface area contributed by atoms with E-state index in [1.807, 2.05) is 6.07 Å². The van der Waals surface area contributed by atoms with E-state index < -0.39 is 0 Å². The SMILES string of the molecule is CC(C)Cc1nc(NC(=O)COc2ccc3c4c(c(=O)oc3c2)CCCC4)n[nH]1. The summed E-state index contributed by atoms with van der Waals surface area (Å²) in [7, 11) is 0. The van der Waals surface area contributed by atoms with E-state index in [2.05, 4.69) is 34.3 Å². The third-order valence-corrected chi connectivity index (χ3v) is 4.95. The molecular weight excluding hydrogens is 372 g/mol. The first-order valence-electron chi connectivity index (χ1n) is 9.92. The van der Waals surface area contributed by atoms with Crippen LogP contribution in [0.4, 0.5) is 5.95 Å². The fraction of sp³-hybridized carbons (Fsp3) is 0.429. The number of benzene rings is 1. The van der Waals surface area contributed by atoms with E-state index in [4.69, 9.17) is 9.15 Å². The molecular formula is C21H24N4O4. The van der Waals surface area contributed by atoms with Crippen molar-refractivity contribution in [2.24, 2.45) is 5.92 Å². The monoisotopic (exact) mass is 396 g/mol. The summed E-state index contributed by atoms with van der Waals surface area (Å²) in [5.41, 5.74) is 2.08. The molecule has 0 aliphatic heterocycles. The standard InChI is InChI=1S/C21H24N4O4/c1-12(2)9-18-22-21(25-24-18)23-19(26)11-28-13-7-8-15-14-5-3-4-6-16(14)20(27)29-17(15)10-13/h7-8,10,12H,3-6,9,11H2,1-2H3,(H2,22,23,24,25,26). The van der Waals surface area contributed by atoms with Gasteiger partial charge in [0.05, 0.1) is 0 Å². The molecule has 0 unspecified atom stereocenters. The summed E-state index contributed by atoms with van der Waals surface area (Å²) in [5.74, 6) is 1.48. The number of aryl methyl sites for hydroxylation is 1. The van der Waals surface area contributed by atoms with Crippen LogP contribution in [0.3, 0.4) is 0 Å². The van der Waals surface area contributed by atoms with Gasteiger partial charge in [0, 0.05) is 23.4 Å². The van der Waals surface area contributed by atoms with Crippen molar-refractivity contribution in [2.45, 2.75) is 46.0 Å². The predicted octanol–water partition coefficient (Wildman–Crippen LogP) is 3.01. The van der Waals surface area contributed by atoms with Crippen molar-refractivity contribution in [3.8, 4) is 5.75 Å². The number of rotatable bonds is 6. The molecule has 4 rings (SSSR count). The van der Waals surface area contributed by atoms with E-state index >= 15 is 0 Å². The predicted molar refractivity (Wildman–Crippen MR) is 108 cm³/mol. The fourth-order valence-electron chi connectivity index (χ4n) is 3.65. The van der Waals surface area contributed by atoms with Gasteiger partial charge in [-0.3, -0.25) is 15.2 Å². The molecule has 0 bridgehead atoms. The number of H-pyrrole nitrogens is 1. The van der Waals surface area contributed by atoms with E-state index in [9.17, 15) is 9.59 Å². The number of nitrogens with zero attached hydrogens (tertiary/aromatic N) is 2. The minimum atomic E-state index is -0.368. The highest BCUT2D eigenvalue weighted by Crippen LogP contribution is 2.29. The first-order valence-corrected chi connectivity index (χ1v) is 9.92. The summed E-state index contributed by atoms with van der Waals surface area (Å²) in [5, 5.41) is 10.3. The molecule has 1 aromatic carbocycles. The molecule has 1 amide bonds. The zero-order valence-corrected chi connectivity index (χ0v) is 16.6. The molecule has 2 N–H and O–H groups in total. The van der Waals surface area contributed by atoms with Crippen LogP contribution in [0.5, 0.6) is 5.75 Å². The van der Waals surface area contributed by atoms with Crippen LogP contribution in [0.2, 0.25) is 0 Å². The van der Waals surface area contributed by atoms with Gasteiger partial charge in [0.1, 0.15) is 17.2 Å². The lowest BCUT2D eigenvalue weighted by atomic mass is 9.91. The van der Waals surface area contributed by atoms with Gasteiger partial charge in [-0.05, 0) is 49.3 Å². The lowest BCUT2D eigenvalue weighted by Crippen LogP contribution is -2.21. The van der Waals surface area contributed by atoms with Crippen molar-refractivity contribution in [1.82, 2.24) is 15.2 Å². The van der Waals surface area contributed by atoms with Gasteiger partial charge in [0.25, 0.3) is 5.91 Å². The topological polar surface area (TPSA) is 110 Å². The summed E-state index contributed by atoms with van der Waals surface area (Å²) < 4.78 is 11.0. The minimum absolute atomic E-state index is 0.200. The average molecular weight is 396 g/mol. The summed E-state index contributed by atoms with van der Waals surface area (Å²) in [4.78, 5) is 28.6. The Kier molecular flexibility index (Phi) is 5.33. The highest BCUT2D eigenvalue weighted by atomic mass is 16.5. The zero-order chi connectivity index (χ0) is 20.4. The Morgan fingerprint density at radius 3 is 2.86 bits per heavy atom. The van der Waals surface area contributed by atoms with Crippen LogP contribution in [-0.4, -0.2) is 27.7 Å². The molecule has 2 aromatic heterocycles. The molecule has 29 heavy (non-hydrogen) atoms. The van der Waals surface area contributed by atoms with Crippen molar-refractivity contribution in [3.63, 3.8) is 0 Å². The van der Waals surface area contributed by atoms with Crippen LogP contribution in [0.1, 0.15) is 43.6 Å². The van der Waals surface area contributed by atoms with E-state index in [1.54, 1.807) is 12.1 Å². The fourth-order valence-corrected chi connectivity index (χ4v) is 3.65. The lowest BCUT2D eigenvalue weighted by molar-refractivity contribution is -0.118. The number of ether oxygens (including phenoxy) is 1. The number of hydrogen-bond acceptors (Lipinski definition) is 6. The number of aromatic amines is 1. The van der Waals surface area contributed by atoms with Crippen molar-refractivity contribution in [2.75, 3.05) is 11.9 Å². The molecule has 0 atom stereocenters. The van der Waals surface area contributed by atoms with E-state index in [0.717, 1.165) is 54.4 Å². The highest BCUT2D eigenvalue weighted by molar-refractivity contribution is 5.90. The van der Waals surface area contributed by atoms with Crippen LogP contribution in [0, 0.1) is 5.92 Å². The summed E-state index contributed by atoms with van der Waals surface area (Å²) >= 11 is 0. The van der Waals surface area contributed by atoms with Crippen LogP contribution in [0.15, 0.2) is 27.4 Å². The molecule has 3 aromatic rings. The van der Waals surface area contributed by atoms with Crippen molar-refractivity contribution >= 4 is 22.8 Å². The van der Waals surface area contributed by atoms with Crippen LogP contribution in [-0.2, 0) is 24.1 Å². The summed E-state index contributed by atoms with van der Waals surface area (Å²) in [6.07, 6.45) is 4.50. The van der Waals surface area contributed by atoms with Gasteiger partial charge in [-0.2, -0.15) is 4.98 Å². The maximum absolute atomic E-state index is 12.2. The average Bonchev–Trinajstić information content (AvgIpc) is 3.12. The minimum Gasteiger partial charge on any atom is -0.484 e. The van der Waals surface area contributed by atoms with Gasteiger partial charge in [-0.15, -0.1) is 5.10 Å². The number of nitrogens with one attached hydrogen (secondary N) is 2. The highest BCUT2D eigenvalue weighted by Gasteiger charge is 2.18. The number of carbonyl (C=O) groups is 1. The van der Waals surface area contributed by atoms with Gasteiger partial charge in [0.2, 0.25) is 5.95 Å². The summed E-state index contributed by atoms with van der Waals surface area (Å²) in [6, 6.07) is 5.34. The molecule has 0 spiro atoms. The molecule has 1 aliphatic rings. The normalized spacial score (nSPS) is 13.5. The number of carbonyl (C=O) groups excluding carboxylic acids is 1. The first-order chi connectivity index (χ1) is 14.0. The Bertz CT molecular complexity index is 1100. The molecule has 8 heteroatoms. The number of hydrogen-bond donors (Lipinski definition) is 2. The number of anilines is 1. The van der Waals surface area contributed by atoms with Gasteiger partial charge in [-0.1, -0.05) is 13.8 Å². The van der Waals surface area contributed by atoms with Gasteiger partial charge in [0.15, 0.2) is 6.61 Å². The van der Waals surface area contributed by atoms with E-state index in [-0.39, 0.29) is 24.1 Å². The Morgan fingerprint density at radius 2 is 2.07 bits per heavy atom. The quantitative estimate of drug-likeness (QED) is 0.620. The smallest absolute Gasteiger partial charge is 0.339 e. The Labute approximate surface area is 167 Å². The van der Waals surface area contributed by atoms with Crippen molar-refractivity contribution < 1.29 is 13.9 Å². The number of aromatic nitrogens is 3. The zero-order valence-electron chi connectivity index (χ0n) is 16.6. The Balaban J connectivity index is 1.42. The Hall–Kier alpha value is -3.16. The van der Waals surface area contributed by atoms with Gasteiger partial charge >= 0.3 is 5.63 Å². The third kappa shape index (κ3) is 4.31. The van der Waals surface area contributed by atoms with Crippen LogP contribution >= 0.6 is 0 Å². The molecule has 2 heterocycles. The second-order valence-electron chi connectivity index (χ2n) is 7.75. The molecule has 1 aliphatic carbocycles. The summed E-state index contributed by atoms with van der Waals surface area (Å²) in [6.45, 7) is 3.96. The van der Waals surface area contributed by atoms with E-state index in [0.29, 0.717) is 17.3 Å². The lowest BCUT2D eigenvalue weighted by Gasteiger charge is -2.16. The van der Waals surface area contributed by atoms with E-state index in [1.165, 1.54) is 0 Å². The first kappa shape index (κ1) is 19.2. The van der Waals surface area contributed by atoms with Crippen LogP contribution < -0.4 is 15.7 Å². The van der Waals surface area contributed by atoms with Gasteiger partial charge in [-0.25, -0.2) is 4.79 Å². The second-order valence-corrected chi connectivity index (χ2v) is 7.75. The second kappa shape index (κ2) is 8.06. The molecule has 8 nitrogen and oxygen atoms in total. The Morgan fingerprint density at radius 1 is 1.28 bits per heavy atom. The molecule has 0 radical (unpaired) electrons. The molecule has 0 saturated heterocycles. The molecule has 0 fully saturated rings. The molecule has 0 saturated carbocycles. The number of fused-ring (bicyclic) bond motifs is 3. The van der Waals surface area contributed by atoms with Gasteiger partial charge < -0.3 is 9.15 Å². The largest absolute Gasteiger partial charge is 0.484 e. The molecule has 152 valence electrons. The van der Waals surface area contributed by atoms with Crippen molar-refractivity contribution in [1.29, 1.82) is 0 Å². The van der Waals surface area contributed by atoms with Crippen molar-refractivity contribution in [3.05, 3.63) is 45.6 Å². The van der Waals surface area contributed by atoms with Crippen LogP contribution in [0.25, 0.3) is 11.0 Å². The maximum Gasteiger partial charge on any atom is 0.339 e. The maximum atomic E-state index is 12.2. The number of amides is 1. The third-order valence-electron chi connectivity index (χ3n) is 4.95.